The van der Waals surface area contributed by atoms with Gasteiger partial charge >= 0.3 is 0 Å². The Labute approximate surface area is 134 Å². The minimum atomic E-state index is -3.95. The van der Waals surface area contributed by atoms with Crippen LogP contribution >= 0.6 is 0 Å². The van der Waals surface area contributed by atoms with Gasteiger partial charge in [-0.05, 0) is 28.9 Å². The molecule has 2 N–H and O–H groups in total. The lowest BCUT2D eigenvalue weighted by atomic mass is 9.94. The van der Waals surface area contributed by atoms with Crippen LogP contribution in [0.15, 0.2) is 79.0 Å². The average molecular weight is 328 g/mol. The molecule has 0 unspecified atom stereocenters. The molecule has 2 heterocycles. The number of primary sulfonamides is 1. The zero-order valence-corrected chi connectivity index (χ0v) is 13.3. The molecule has 118 valence electrons. The highest BCUT2D eigenvalue weighted by molar-refractivity contribution is 7.93. The maximum atomic E-state index is 11.4. The summed E-state index contributed by atoms with van der Waals surface area (Å²) < 4.78 is 24.3. The van der Waals surface area contributed by atoms with E-state index in [2.05, 4.69) is 43.0 Å². The van der Waals surface area contributed by atoms with Crippen LogP contribution in [0, 0.1) is 0 Å². The number of imidazole rings is 1. The Morgan fingerprint density at radius 2 is 1.70 bits per heavy atom. The molecule has 7 heteroatoms. The van der Waals surface area contributed by atoms with Crippen molar-refractivity contribution in [2.24, 2.45) is 5.14 Å². The zero-order chi connectivity index (χ0) is 17.4. The van der Waals surface area contributed by atoms with Gasteiger partial charge in [0, 0.05) is 18.0 Å². The van der Waals surface area contributed by atoms with Gasteiger partial charge in [0.05, 0.1) is 10.6 Å². The van der Waals surface area contributed by atoms with E-state index in [4.69, 9.17) is 5.14 Å². The van der Waals surface area contributed by atoms with Crippen molar-refractivity contribution in [2.45, 2.75) is 0 Å². The van der Waals surface area contributed by atoms with Gasteiger partial charge < -0.3 is 0 Å². The lowest BCUT2D eigenvalue weighted by molar-refractivity contribution is 0.604. The Morgan fingerprint density at radius 1 is 1.04 bits per heavy atom. The Kier molecular flexibility index (Phi) is 4.18. The Morgan fingerprint density at radius 3 is 2.30 bits per heavy atom. The third-order valence-electron chi connectivity index (χ3n) is 3.34. The molecular weight excluding hydrogens is 312 g/mol. The summed E-state index contributed by atoms with van der Waals surface area (Å²) in [7, 11) is -3.95. The van der Waals surface area contributed by atoms with E-state index in [-0.39, 0.29) is 16.1 Å². The van der Waals surface area contributed by atoms with E-state index in [9.17, 15) is 8.42 Å². The van der Waals surface area contributed by atoms with Crippen LogP contribution in [0.2, 0.25) is 0 Å². The monoisotopic (exact) mass is 328 g/mol. The quantitative estimate of drug-likeness (QED) is 0.823. The first kappa shape index (κ1) is 16.6. The van der Waals surface area contributed by atoms with E-state index < -0.39 is 10.0 Å². The van der Waals surface area contributed by atoms with Gasteiger partial charge in [0.1, 0.15) is 0 Å². The molecule has 0 amide bonds. The molecule has 0 spiro atoms. The molecule has 0 aromatic carbocycles. The van der Waals surface area contributed by atoms with E-state index in [1.54, 1.807) is 29.0 Å². The topological polar surface area (TPSA) is 90.3 Å². The van der Waals surface area contributed by atoms with Gasteiger partial charge in [-0.2, -0.15) is 5.10 Å². The van der Waals surface area contributed by atoms with E-state index in [0.29, 0.717) is 22.5 Å². The van der Waals surface area contributed by atoms with Crippen molar-refractivity contribution in [1.82, 2.24) is 14.6 Å². The number of hydrogen-bond donors (Lipinski definition) is 1. The molecule has 0 bridgehead atoms. The van der Waals surface area contributed by atoms with Gasteiger partial charge in [0.25, 0.3) is 0 Å². The van der Waals surface area contributed by atoms with Gasteiger partial charge in [-0.1, -0.05) is 32.9 Å². The number of hydrogen-bond acceptors (Lipinski definition) is 4. The van der Waals surface area contributed by atoms with Crippen LogP contribution in [0.5, 0.6) is 0 Å². The number of nitrogens with zero attached hydrogens (tertiary/aromatic N) is 3. The van der Waals surface area contributed by atoms with Crippen molar-refractivity contribution < 1.29 is 8.42 Å². The molecule has 0 atom stereocenters. The fourth-order valence-corrected chi connectivity index (χ4v) is 2.30. The largest absolute Gasteiger partial charge is 0.238 e. The summed E-state index contributed by atoms with van der Waals surface area (Å²) in [6.45, 7) is 18.7. The van der Waals surface area contributed by atoms with Crippen molar-refractivity contribution >= 4 is 21.2 Å². The van der Waals surface area contributed by atoms with E-state index in [0.717, 1.165) is 0 Å². The molecule has 0 fully saturated rings. The summed E-state index contributed by atoms with van der Waals surface area (Å²) in [5.41, 5.74) is 2.48. The SMILES string of the molecule is C=C(C(=C)C(=C)c1ccc2nccn2n1)C(=C)C(=C)S(N)(=O)=O. The van der Waals surface area contributed by atoms with Crippen LogP contribution in [-0.4, -0.2) is 23.0 Å². The molecule has 2 rings (SSSR count). The first-order valence-electron chi connectivity index (χ1n) is 6.42. The van der Waals surface area contributed by atoms with E-state index >= 15 is 0 Å². The minimum absolute atomic E-state index is 0.0855. The highest BCUT2D eigenvalue weighted by Gasteiger charge is 2.19. The molecule has 0 saturated heterocycles. The van der Waals surface area contributed by atoms with Gasteiger partial charge in [0.2, 0.25) is 10.0 Å². The Balaban J connectivity index is 2.28. The lowest BCUT2D eigenvalue weighted by Gasteiger charge is -2.15. The summed E-state index contributed by atoms with van der Waals surface area (Å²) in [5.74, 6) is 0. The molecule has 0 aliphatic rings. The summed E-state index contributed by atoms with van der Waals surface area (Å²) in [6.07, 6.45) is 3.33. The van der Waals surface area contributed by atoms with Crippen molar-refractivity contribution in [3.63, 3.8) is 0 Å². The second-order valence-corrected chi connectivity index (χ2v) is 6.41. The molecule has 6 nitrogen and oxygen atoms in total. The highest BCUT2D eigenvalue weighted by atomic mass is 32.2. The maximum Gasteiger partial charge on any atom is 0.238 e. The first-order valence-corrected chi connectivity index (χ1v) is 7.97. The van der Waals surface area contributed by atoms with Gasteiger partial charge in [-0.15, -0.1) is 0 Å². The number of aromatic nitrogens is 3. The number of fused-ring (bicyclic) bond motifs is 1. The predicted octanol–water partition coefficient (Wildman–Crippen LogP) is 2.21. The minimum Gasteiger partial charge on any atom is -0.236 e. The molecule has 0 radical (unpaired) electrons. The Hall–Kier alpha value is -2.77. The molecule has 23 heavy (non-hydrogen) atoms. The smallest absolute Gasteiger partial charge is 0.236 e. The van der Waals surface area contributed by atoms with Crippen molar-refractivity contribution in [1.29, 1.82) is 0 Å². The zero-order valence-electron chi connectivity index (χ0n) is 12.5. The van der Waals surface area contributed by atoms with Crippen LogP contribution < -0.4 is 5.14 Å². The van der Waals surface area contributed by atoms with Crippen LogP contribution in [0.4, 0.5) is 0 Å². The van der Waals surface area contributed by atoms with Crippen molar-refractivity contribution in [2.75, 3.05) is 0 Å². The van der Waals surface area contributed by atoms with Crippen molar-refractivity contribution in [3.05, 3.63) is 84.7 Å². The number of rotatable bonds is 6. The van der Waals surface area contributed by atoms with Crippen LogP contribution in [0.25, 0.3) is 11.2 Å². The third-order valence-corrected chi connectivity index (χ3v) is 4.27. The highest BCUT2D eigenvalue weighted by Crippen LogP contribution is 2.30. The fraction of sp³-hybridized carbons (Fsp3) is 0. The summed E-state index contributed by atoms with van der Waals surface area (Å²) >= 11 is 0. The molecule has 2 aromatic rings. The Bertz CT molecular complexity index is 980. The predicted molar refractivity (Wildman–Crippen MR) is 91.7 cm³/mol. The van der Waals surface area contributed by atoms with E-state index in [1.165, 1.54) is 0 Å². The molecule has 2 aromatic heterocycles. The number of nitrogens with two attached hydrogens (primary N) is 1. The van der Waals surface area contributed by atoms with Crippen LogP contribution in [0.3, 0.4) is 0 Å². The van der Waals surface area contributed by atoms with Gasteiger partial charge in [0.15, 0.2) is 5.65 Å². The third kappa shape index (κ3) is 3.20. The second-order valence-electron chi connectivity index (χ2n) is 4.83. The lowest BCUT2D eigenvalue weighted by Crippen LogP contribution is -2.16. The molecule has 0 aliphatic heterocycles. The van der Waals surface area contributed by atoms with Crippen LogP contribution in [0.1, 0.15) is 5.69 Å². The normalized spacial score (nSPS) is 11.2. The standard InChI is InChI=1S/C16H16N4O2S/c1-10(12(3)14(5)23(17,21)22)11(2)13(4)15-6-7-16-18-8-9-20(16)19-15/h6-9H,1-5H2,(H2,17,21,22). The molecule has 0 saturated carbocycles. The average Bonchev–Trinajstić information content (AvgIpc) is 2.97. The summed E-state index contributed by atoms with van der Waals surface area (Å²) in [4.78, 5) is 3.79. The van der Waals surface area contributed by atoms with Crippen molar-refractivity contribution in [3.8, 4) is 0 Å². The van der Waals surface area contributed by atoms with Gasteiger partial charge in [-0.25, -0.2) is 23.1 Å². The number of sulfonamides is 1. The molecule has 0 aliphatic carbocycles. The fourth-order valence-electron chi connectivity index (χ4n) is 1.84. The maximum absolute atomic E-state index is 11.4. The molecular formula is C16H16N4O2S. The van der Waals surface area contributed by atoms with Crippen LogP contribution in [-0.2, 0) is 10.0 Å². The summed E-state index contributed by atoms with van der Waals surface area (Å²) in [5, 5.41) is 9.40. The second kappa shape index (κ2) is 5.79. The van der Waals surface area contributed by atoms with E-state index in [1.807, 2.05) is 0 Å². The van der Waals surface area contributed by atoms with Gasteiger partial charge in [-0.3, -0.25) is 0 Å². The first-order chi connectivity index (χ1) is 10.6. The number of allylic oxidation sites excluding steroid dienone is 4. The summed E-state index contributed by atoms with van der Waals surface area (Å²) in [6, 6.07) is 3.52.